The Hall–Kier alpha value is -2.89. The molecule has 0 bridgehead atoms. The Morgan fingerprint density at radius 1 is 0.966 bits per heavy atom. The van der Waals surface area contributed by atoms with Crippen LogP contribution in [0.25, 0.3) is 10.8 Å². The summed E-state index contributed by atoms with van der Waals surface area (Å²) in [5.74, 6) is 0.729. The zero-order valence-corrected chi connectivity index (χ0v) is 16.7. The Kier molecular flexibility index (Phi) is 7.61. The van der Waals surface area contributed by atoms with Crippen LogP contribution in [-0.4, -0.2) is 36.5 Å². The minimum Gasteiger partial charge on any atom is -0.492 e. The van der Waals surface area contributed by atoms with E-state index in [4.69, 9.17) is 16.2 Å². The number of benzene rings is 3. The summed E-state index contributed by atoms with van der Waals surface area (Å²) in [6.07, 6.45) is 1.33. The predicted octanol–water partition coefficient (Wildman–Crippen LogP) is 3.31. The summed E-state index contributed by atoms with van der Waals surface area (Å²) in [5, 5.41) is 2.30. The number of ether oxygens (including phenoxy) is 1. The van der Waals surface area contributed by atoms with Crippen LogP contribution in [-0.2, 0) is 11.3 Å². The van der Waals surface area contributed by atoms with Gasteiger partial charge >= 0.3 is 0 Å². The largest absolute Gasteiger partial charge is 0.492 e. The third-order valence-corrected chi connectivity index (χ3v) is 4.92. The molecule has 1 amide bonds. The van der Waals surface area contributed by atoms with Crippen molar-refractivity contribution in [2.24, 2.45) is 11.5 Å². The monoisotopic (exact) mass is 391 g/mol. The van der Waals surface area contributed by atoms with E-state index in [1.54, 1.807) is 4.90 Å². The van der Waals surface area contributed by atoms with Crippen LogP contribution in [0, 0.1) is 0 Å². The van der Waals surface area contributed by atoms with Gasteiger partial charge in [0.15, 0.2) is 0 Å². The van der Waals surface area contributed by atoms with Crippen molar-refractivity contribution in [3.63, 3.8) is 0 Å². The summed E-state index contributed by atoms with van der Waals surface area (Å²) in [6, 6.07) is 23.6. The van der Waals surface area contributed by atoms with Crippen molar-refractivity contribution in [2.45, 2.75) is 25.4 Å². The molecule has 0 heterocycles. The van der Waals surface area contributed by atoms with Gasteiger partial charge in [0, 0.05) is 6.54 Å². The molecular formula is C24H29N3O2. The molecular weight excluding hydrogens is 362 g/mol. The molecule has 0 radical (unpaired) electrons. The first kappa shape index (κ1) is 20.8. The fraction of sp³-hybridized carbons (Fsp3) is 0.292. The topological polar surface area (TPSA) is 81.6 Å². The maximum Gasteiger partial charge on any atom is 0.239 e. The van der Waals surface area contributed by atoms with Crippen molar-refractivity contribution in [3.8, 4) is 5.75 Å². The van der Waals surface area contributed by atoms with Gasteiger partial charge in [0.25, 0.3) is 0 Å². The van der Waals surface area contributed by atoms with Gasteiger partial charge in [-0.2, -0.15) is 0 Å². The highest BCUT2D eigenvalue weighted by atomic mass is 16.5. The first-order chi connectivity index (χ1) is 14.2. The van der Waals surface area contributed by atoms with E-state index in [-0.39, 0.29) is 5.91 Å². The van der Waals surface area contributed by atoms with Crippen LogP contribution in [0.2, 0.25) is 0 Å². The maximum absolute atomic E-state index is 12.9. The average Bonchev–Trinajstić information content (AvgIpc) is 2.77. The lowest BCUT2D eigenvalue weighted by atomic mass is 10.1. The lowest BCUT2D eigenvalue weighted by Crippen LogP contribution is -2.45. The number of hydrogen-bond donors (Lipinski definition) is 2. The normalized spacial score (nSPS) is 11.9. The standard InChI is InChI=1S/C24H29N3O2/c25-14-6-11-23(26)24(28)27(18-19-7-2-1-3-8-19)15-16-29-22-13-12-20-9-4-5-10-21(20)17-22/h1-5,7-10,12-13,17,23H,6,11,14-16,18,25-26H2/t23-/m0/s1. The quantitative estimate of drug-likeness (QED) is 0.555. The number of fused-ring (bicyclic) bond motifs is 1. The lowest BCUT2D eigenvalue weighted by molar-refractivity contribution is -0.133. The predicted molar refractivity (Wildman–Crippen MR) is 118 cm³/mol. The van der Waals surface area contributed by atoms with Gasteiger partial charge in [-0.3, -0.25) is 4.79 Å². The molecule has 0 saturated heterocycles. The highest BCUT2D eigenvalue weighted by Crippen LogP contribution is 2.20. The fourth-order valence-corrected chi connectivity index (χ4v) is 3.30. The van der Waals surface area contributed by atoms with Crippen molar-refractivity contribution in [2.75, 3.05) is 19.7 Å². The molecule has 5 nitrogen and oxygen atoms in total. The molecule has 0 saturated carbocycles. The van der Waals surface area contributed by atoms with Gasteiger partial charge in [0.1, 0.15) is 12.4 Å². The molecule has 4 N–H and O–H groups in total. The van der Waals surface area contributed by atoms with Crippen molar-refractivity contribution < 1.29 is 9.53 Å². The van der Waals surface area contributed by atoms with Crippen LogP contribution in [0.15, 0.2) is 72.8 Å². The second-order valence-electron chi connectivity index (χ2n) is 7.14. The van der Waals surface area contributed by atoms with Gasteiger partial charge in [0.2, 0.25) is 5.91 Å². The number of nitrogens with zero attached hydrogens (tertiary/aromatic N) is 1. The van der Waals surface area contributed by atoms with Crippen LogP contribution >= 0.6 is 0 Å². The molecule has 3 aromatic carbocycles. The van der Waals surface area contributed by atoms with E-state index in [0.29, 0.717) is 32.7 Å². The average molecular weight is 392 g/mol. The molecule has 0 aliphatic heterocycles. The summed E-state index contributed by atoms with van der Waals surface area (Å²) in [7, 11) is 0. The molecule has 0 aliphatic rings. The van der Waals surface area contributed by atoms with Gasteiger partial charge in [-0.25, -0.2) is 0 Å². The van der Waals surface area contributed by atoms with E-state index < -0.39 is 6.04 Å². The molecule has 0 aliphatic carbocycles. The van der Waals surface area contributed by atoms with Crippen molar-refractivity contribution in [3.05, 3.63) is 78.4 Å². The van der Waals surface area contributed by atoms with Gasteiger partial charge in [0.05, 0.1) is 12.6 Å². The van der Waals surface area contributed by atoms with Crippen LogP contribution in [0.3, 0.4) is 0 Å². The van der Waals surface area contributed by atoms with E-state index in [9.17, 15) is 4.79 Å². The molecule has 152 valence electrons. The van der Waals surface area contributed by atoms with Crippen molar-refractivity contribution in [1.82, 2.24) is 4.90 Å². The molecule has 3 rings (SSSR count). The third-order valence-electron chi connectivity index (χ3n) is 4.92. The van der Waals surface area contributed by atoms with Gasteiger partial charge in [-0.1, -0.05) is 60.7 Å². The highest BCUT2D eigenvalue weighted by Gasteiger charge is 2.21. The van der Waals surface area contributed by atoms with E-state index in [1.165, 1.54) is 5.39 Å². The smallest absolute Gasteiger partial charge is 0.239 e. The molecule has 0 unspecified atom stereocenters. The zero-order chi connectivity index (χ0) is 20.5. The van der Waals surface area contributed by atoms with Crippen LogP contribution < -0.4 is 16.2 Å². The minimum atomic E-state index is -0.539. The Labute approximate surface area is 172 Å². The zero-order valence-electron chi connectivity index (χ0n) is 16.7. The van der Waals surface area contributed by atoms with E-state index in [1.807, 2.05) is 60.7 Å². The molecule has 0 spiro atoms. The number of hydrogen-bond acceptors (Lipinski definition) is 4. The van der Waals surface area contributed by atoms with Gasteiger partial charge < -0.3 is 21.1 Å². The van der Waals surface area contributed by atoms with Crippen LogP contribution in [0.1, 0.15) is 18.4 Å². The Morgan fingerprint density at radius 3 is 2.45 bits per heavy atom. The molecule has 29 heavy (non-hydrogen) atoms. The van der Waals surface area contributed by atoms with Crippen molar-refractivity contribution in [1.29, 1.82) is 0 Å². The second-order valence-corrected chi connectivity index (χ2v) is 7.14. The molecule has 0 fully saturated rings. The summed E-state index contributed by atoms with van der Waals surface area (Å²) in [4.78, 5) is 14.7. The lowest BCUT2D eigenvalue weighted by Gasteiger charge is -2.26. The maximum atomic E-state index is 12.9. The number of rotatable bonds is 10. The van der Waals surface area contributed by atoms with Crippen molar-refractivity contribution >= 4 is 16.7 Å². The minimum absolute atomic E-state index is 0.0654. The van der Waals surface area contributed by atoms with E-state index in [2.05, 4.69) is 12.1 Å². The molecule has 3 aromatic rings. The summed E-state index contributed by atoms with van der Waals surface area (Å²) in [6.45, 7) is 1.92. The first-order valence-corrected chi connectivity index (χ1v) is 10.1. The number of carbonyl (C=O) groups is 1. The molecule has 0 aromatic heterocycles. The number of amides is 1. The highest BCUT2D eigenvalue weighted by molar-refractivity contribution is 5.83. The van der Waals surface area contributed by atoms with E-state index >= 15 is 0 Å². The Bertz CT molecular complexity index is 914. The SMILES string of the molecule is NCCC[C@H](N)C(=O)N(CCOc1ccc2ccccc2c1)Cc1ccccc1. The fourth-order valence-electron chi connectivity index (χ4n) is 3.30. The van der Waals surface area contributed by atoms with Crippen LogP contribution in [0.5, 0.6) is 5.75 Å². The van der Waals surface area contributed by atoms with E-state index in [0.717, 1.165) is 23.1 Å². The summed E-state index contributed by atoms with van der Waals surface area (Å²) in [5.41, 5.74) is 12.7. The first-order valence-electron chi connectivity index (χ1n) is 10.1. The van der Waals surface area contributed by atoms with Gasteiger partial charge in [-0.15, -0.1) is 0 Å². The Morgan fingerprint density at radius 2 is 1.69 bits per heavy atom. The van der Waals surface area contributed by atoms with Crippen LogP contribution in [0.4, 0.5) is 0 Å². The third kappa shape index (κ3) is 6.04. The van der Waals surface area contributed by atoms with Gasteiger partial charge in [-0.05, 0) is 47.9 Å². The second kappa shape index (κ2) is 10.6. The Balaban J connectivity index is 1.64. The summed E-state index contributed by atoms with van der Waals surface area (Å²) < 4.78 is 5.94. The molecule has 1 atom stereocenters. The summed E-state index contributed by atoms with van der Waals surface area (Å²) >= 11 is 0. The molecule has 5 heteroatoms. The number of nitrogens with two attached hydrogens (primary N) is 2. The number of carbonyl (C=O) groups excluding carboxylic acids is 1.